The van der Waals surface area contributed by atoms with E-state index < -0.39 is 0 Å². The zero-order valence-corrected chi connectivity index (χ0v) is 16.6. The normalized spacial score (nSPS) is 10.7. The number of nitrogens with zero attached hydrogens (tertiary/aromatic N) is 1. The number of rotatable bonds is 8. The number of hydrogen-bond donors (Lipinski definition) is 3. The predicted octanol–water partition coefficient (Wildman–Crippen LogP) is 2.56. The van der Waals surface area contributed by atoms with Crippen LogP contribution in [0.2, 0.25) is 0 Å². The molecule has 0 aliphatic heterocycles. The Kier molecular flexibility index (Phi) is 12.4. The van der Waals surface area contributed by atoms with Crippen molar-refractivity contribution in [2.24, 2.45) is 4.99 Å². The predicted molar refractivity (Wildman–Crippen MR) is 108 cm³/mol. The van der Waals surface area contributed by atoms with E-state index in [1.165, 1.54) is 0 Å². The summed E-state index contributed by atoms with van der Waals surface area (Å²) in [5.74, 6) is 0.808. The smallest absolute Gasteiger partial charge is 0.251 e. The monoisotopic (exact) mass is 432 g/mol. The summed E-state index contributed by atoms with van der Waals surface area (Å²) in [5.41, 5.74) is 1.83. The number of carbonyl (C=O) groups is 1. The van der Waals surface area contributed by atoms with Crippen LogP contribution in [-0.2, 0) is 6.42 Å². The second-order valence-corrected chi connectivity index (χ2v) is 5.07. The van der Waals surface area contributed by atoms with Crippen molar-refractivity contribution in [1.29, 1.82) is 0 Å². The van der Waals surface area contributed by atoms with E-state index >= 15 is 0 Å². The van der Waals surface area contributed by atoms with Crippen LogP contribution in [0.1, 0.15) is 42.6 Å². The average Bonchev–Trinajstić information content (AvgIpc) is 2.54. The summed E-state index contributed by atoms with van der Waals surface area (Å²) in [5, 5.41) is 9.21. The van der Waals surface area contributed by atoms with Crippen molar-refractivity contribution in [3.05, 3.63) is 35.4 Å². The van der Waals surface area contributed by atoms with Gasteiger partial charge < -0.3 is 16.0 Å². The fraction of sp³-hybridized carbons (Fsp3) is 0.529. The molecule has 0 fully saturated rings. The number of nitrogens with one attached hydrogen (secondary N) is 3. The lowest BCUT2D eigenvalue weighted by atomic mass is 10.1. The molecule has 1 rings (SSSR count). The third-order valence-electron chi connectivity index (χ3n) is 3.25. The van der Waals surface area contributed by atoms with Crippen molar-refractivity contribution < 1.29 is 4.79 Å². The van der Waals surface area contributed by atoms with E-state index in [0.717, 1.165) is 50.4 Å². The lowest BCUT2D eigenvalue weighted by molar-refractivity contribution is 0.0963. The largest absolute Gasteiger partial charge is 0.357 e. The molecule has 0 aliphatic carbocycles. The van der Waals surface area contributed by atoms with Crippen LogP contribution < -0.4 is 16.0 Å². The van der Waals surface area contributed by atoms with Gasteiger partial charge in [-0.05, 0) is 37.5 Å². The Morgan fingerprint density at radius 3 is 2.65 bits per heavy atom. The summed E-state index contributed by atoms with van der Waals surface area (Å²) in [7, 11) is 1.64. The lowest BCUT2D eigenvalue weighted by Gasteiger charge is -2.11. The first-order valence-corrected chi connectivity index (χ1v) is 8.04. The molecule has 5 nitrogen and oxygen atoms in total. The summed E-state index contributed by atoms with van der Waals surface area (Å²) in [6.45, 7) is 6.70. The van der Waals surface area contributed by atoms with Crippen molar-refractivity contribution in [2.75, 3.05) is 26.7 Å². The van der Waals surface area contributed by atoms with Crippen molar-refractivity contribution in [3.8, 4) is 0 Å². The van der Waals surface area contributed by atoms with Gasteiger partial charge in [0, 0.05) is 32.2 Å². The highest BCUT2D eigenvalue weighted by Gasteiger charge is 2.04. The molecule has 0 saturated carbocycles. The zero-order valence-electron chi connectivity index (χ0n) is 14.3. The molecule has 0 radical (unpaired) electrons. The van der Waals surface area contributed by atoms with E-state index in [1.54, 1.807) is 7.05 Å². The maximum Gasteiger partial charge on any atom is 0.251 e. The molecule has 1 aromatic rings. The average molecular weight is 432 g/mol. The number of amides is 1. The van der Waals surface area contributed by atoms with Gasteiger partial charge in [-0.15, -0.1) is 24.0 Å². The molecule has 1 amide bonds. The fourth-order valence-electron chi connectivity index (χ4n) is 2.03. The van der Waals surface area contributed by atoms with Crippen molar-refractivity contribution in [1.82, 2.24) is 16.0 Å². The Labute approximate surface area is 156 Å². The van der Waals surface area contributed by atoms with Gasteiger partial charge in [0.1, 0.15) is 0 Å². The topological polar surface area (TPSA) is 65.5 Å². The van der Waals surface area contributed by atoms with E-state index in [1.807, 2.05) is 24.3 Å². The number of guanidine groups is 1. The quantitative estimate of drug-likeness (QED) is 0.256. The van der Waals surface area contributed by atoms with Gasteiger partial charge in [0.05, 0.1) is 0 Å². The van der Waals surface area contributed by atoms with Crippen LogP contribution in [0.25, 0.3) is 0 Å². The molecular formula is C17H29IN4O. The van der Waals surface area contributed by atoms with Gasteiger partial charge in [0.15, 0.2) is 5.96 Å². The highest BCUT2D eigenvalue weighted by atomic mass is 127. The third kappa shape index (κ3) is 8.78. The van der Waals surface area contributed by atoms with E-state index in [2.05, 4.69) is 34.8 Å². The second-order valence-electron chi connectivity index (χ2n) is 5.07. The number of unbranched alkanes of at least 4 members (excludes halogenated alkanes) is 1. The lowest BCUT2D eigenvalue weighted by Crippen LogP contribution is -2.38. The first-order valence-electron chi connectivity index (χ1n) is 8.04. The van der Waals surface area contributed by atoms with Crippen molar-refractivity contribution in [3.63, 3.8) is 0 Å². The van der Waals surface area contributed by atoms with Gasteiger partial charge in [-0.3, -0.25) is 9.79 Å². The van der Waals surface area contributed by atoms with Crippen LogP contribution in [0.5, 0.6) is 0 Å². The van der Waals surface area contributed by atoms with E-state index in [-0.39, 0.29) is 29.9 Å². The third-order valence-corrected chi connectivity index (χ3v) is 3.25. The van der Waals surface area contributed by atoms with Gasteiger partial charge >= 0.3 is 0 Å². The molecule has 6 heteroatoms. The Balaban J connectivity index is 0.00000484. The van der Waals surface area contributed by atoms with Crippen LogP contribution in [0.15, 0.2) is 29.3 Å². The minimum atomic E-state index is -0.0516. The van der Waals surface area contributed by atoms with Gasteiger partial charge in [-0.1, -0.05) is 25.5 Å². The molecule has 1 aromatic carbocycles. The van der Waals surface area contributed by atoms with Crippen LogP contribution >= 0.6 is 24.0 Å². The maximum atomic E-state index is 11.6. The summed E-state index contributed by atoms with van der Waals surface area (Å²) >= 11 is 0. The summed E-state index contributed by atoms with van der Waals surface area (Å²) in [4.78, 5) is 16.1. The van der Waals surface area contributed by atoms with E-state index in [0.29, 0.717) is 5.56 Å². The molecule has 0 atom stereocenters. The Hall–Kier alpha value is -1.31. The van der Waals surface area contributed by atoms with Crippen LogP contribution in [0.4, 0.5) is 0 Å². The minimum Gasteiger partial charge on any atom is -0.357 e. The fourth-order valence-corrected chi connectivity index (χ4v) is 2.03. The number of aliphatic imine (C=N–C) groups is 1. The molecule has 0 aliphatic rings. The van der Waals surface area contributed by atoms with Crippen LogP contribution in [-0.4, -0.2) is 38.5 Å². The molecule has 0 aromatic heterocycles. The van der Waals surface area contributed by atoms with Gasteiger partial charge in [0.25, 0.3) is 5.91 Å². The molecule has 0 bridgehead atoms. The van der Waals surface area contributed by atoms with Crippen molar-refractivity contribution >= 4 is 35.8 Å². The SMILES string of the molecule is CCCCN=C(NCC)NCCc1cccc(C(=O)NC)c1.I. The van der Waals surface area contributed by atoms with Gasteiger partial charge in [-0.2, -0.15) is 0 Å². The number of carbonyl (C=O) groups excluding carboxylic acids is 1. The van der Waals surface area contributed by atoms with Gasteiger partial charge in [-0.25, -0.2) is 0 Å². The molecule has 0 saturated heterocycles. The molecule has 3 N–H and O–H groups in total. The first kappa shape index (κ1) is 21.7. The molecule has 130 valence electrons. The number of hydrogen-bond acceptors (Lipinski definition) is 2. The minimum absolute atomic E-state index is 0. The summed E-state index contributed by atoms with van der Waals surface area (Å²) in [6, 6.07) is 7.71. The highest BCUT2D eigenvalue weighted by molar-refractivity contribution is 14.0. The number of benzene rings is 1. The summed E-state index contributed by atoms with van der Waals surface area (Å²) in [6.07, 6.45) is 3.10. The Morgan fingerprint density at radius 1 is 1.22 bits per heavy atom. The van der Waals surface area contributed by atoms with Crippen LogP contribution in [0, 0.1) is 0 Å². The first-order chi connectivity index (χ1) is 10.7. The zero-order chi connectivity index (χ0) is 16.2. The van der Waals surface area contributed by atoms with Gasteiger partial charge in [0.2, 0.25) is 0 Å². The molecule has 0 unspecified atom stereocenters. The summed E-state index contributed by atoms with van der Waals surface area (Å²) < 4.78 is 0. The highest BCUT2D eigenvalue weighted by Crippen LogP contribution is 2.05. The van der Waals surface area contributed by atoms with E-state index in [4.69, 9.17) is 0 Å². The molecular weight excluding hydrogens is 403 g/mol. The Bertz CT molecular complexity index is 491. The molecule has 0 heterocycles. The Morgan fingerprint density at radius 2 is 2.00 bits per heavy atom. The van der Waals surface area contributed by atoms with Crippen molar-refractivity contribution in [2.45, 2.75) is 33.1 Å². The molecule has 0 spiro atoms. The second kappa shape index (κ2) is 13.2. The molecule has 23 heavy (non-hydrogen) atoms. The standard InChI is InChI=1S/C17H28N4O.HI/c1-4-6-11-20-17(19-5-2)21-12-10-14-8-7-9-15(13-14)16(22)18-3;/h7-9,13H,4-6,10-12H2,1-3H3,(H,18,22)(H2,19,20,21);1H. The van der Waals surface area contributed by atoms with Crippen LogP contribution in [0.3, 0.4) is 0 Å². The maximum absolute atomic E-state index is 11.6. The number of halogens is 1. The van der Waals surface area contributed by atoms with E-state index in [9.17, 15) is 4.79 Å².